The second kappa shape index (κ2) is 10.7. The van der Waals surface area contributed by atoms with Crippen molar-refractivity contribution >= 4 is 69.1 Å². The van der Waals surface area contributed by atoms with Crippen molar-refractivity contribution in [2.75, 3.05) is 0 Å². The summed E-state index contributed by atoms with van der Waals surface area (Å²) in [6.45, 7) is 1.05. The van der Waals surface area contributed by atoms with Gasteiger partial charge < -0.3 is 10.6 Å². The Morgan fingerprint density at radius 1 is 0.769 bits per heavy atom. The van der Waals surface area contributed by atoms with Gasteiger partial charge in [-0.1, -0.05) is 12.1 Å². The third-order valence-electron chi connectivity index (χ3n) is 2.79. The lowest BCUT2D eigenvalue weighted by Gasteiger charge is -2.12. The number of carbonyl (C=O) groups excluding carboxylic acids is 2. The van der Waals surface area contributed by atoms with E-state index in [9.17, 15) is 9.59 Å². The Labute approximate surface area is 168 Å². The number of rotatable bonds is 4. The van der Waals surface area contributed by atoms with Crippen molar-refractivity contribution < 1.29 is 9.59 Å². The van der Waals surface area contributed by atoms with Gasteiger partial charge in [-0.25, -0.2) is 0 Å². The van der Waals surface area contributed by atoms with Crippen molar-refractivity contribution in [2.45, 2.75) is 13.1 Å². The summed E-state index contributed by atoms with van der Waals surface area (Å²) in [5.41, 5.74) is 9.27. The number of hydrogen-bond acceptors (Lipinski definition) is 6. The van der Waals surface area contributed by atoms with E-state index in [1.54, 1.807) is 22.7 Å². The smallest absolute Gasteiger partial charge is 0.329 e. The maximum Gasteiger partial charge on any atom is 0.329 e. The largest absolute Gasteiger partial charge is 0.356 e. The van der Waals surface area contributed by atoms with Crippen LogP contribution in [-0.2, 0) is 22.7 Å². The molecular weight excluding hydrogens is 412 g/mol. The molecule has 2 aromatic heterocycles. The van der Waals surface area contributed by atoms with Gasteiger partial charge in [0.05, 0.1) is 13.1 Å². The van der Waals surface area contributed by atoms with Crippen molar-refractivity contribution in [3.63, 3.8) is 0 Å². The summed E-state index contributed by atoms with van der Waals surface area (Å²) in [7, 11) is 0. The van der Waals surface area contributed by atoms with Crippen LogP contribution in [-0.4, -0.2) is 22.0 Å². The van der Waals surface area contributed by atoms with Crippen LogP contribution in [0.3, 0.4) is 0 Å². The van der Waals surface area contributed by atoms with Gasteiger partial charge in [0, 0.05) is 9.75 Å². The lowest BCUT2D eigenvalue weighted by Crippen LogP contribution is -2.55. The fourth-order valence-electron chi connectivity index (χ4n) is 1.59. The van der Waals surface area contributed by atoms with Crippen molar-refractivity contribution in [3.8, 4) is 0 Å². The molecule has 0 fully saturated rings. The highest BCUT2D eigenvalue weighted by Gasteiger charge is 2.13. The normalized spacial score (nSPS) is 9.69. The first-order valence-corrected chi connectivity index (χ1v) is 9.85. The van der Waals surface area contributed by atoms with Crippen LogP contribution in [0.2, 0.25) is 0 Å². The molecule has 8 nitrogen and oxygen atoms in total. The van der Waals surface area contributed by atoms with Crippen molar-refractivity contribution in [3.05, 3.63) is 44.8 Å². The van der Waals surface area contributed by atoms with E-state index in [4.69, 9.17) is 24.4 Å². The average Bonchev–Trinajstić information content (AvgIpc) is 3.34. The summed E-state index contributed by atoms with van der Waals surface area (Å²) in [6, 6.07) is 7.76. The quantitative estimate of drug-likeness (QED) is 0.238. The van der Waals surface area contributed by atoms with Crippen LogP contribution in [0.4, 0.5) is 0 Å². The molecule has 0 aliphatic heterocycles. The maximum absolute atomic E-state index is 11.7. The van der Waals surface area contributed by atoms with Crippen LogP contribution >= 0.6 is 47.1 Å². The van der Waals surface area contributed by atoms with Gasteiger partial charge in [0.1, 0.15) is 0 Å². The maximum atomic E-state index is 11.7. The van der Waals surface area contributed by atoms with E-state index in [1.807, 2.05) is 35.0 Å². The second-order valence-corrected chi connectivity index (χ2v) is 7.56. The number of nitrogens with one attached hydrogen (secondary N) is 6. The summed E-state index contributed by atoms with van der Waals surface area (Å²) < 4.78 is 0. The highest BCUT2D eigenvalue weighted by molar-refractivity contribution is 7.80. The molecule has 2 aromatic rings. The molecule has 26 heavy (non-hydrogen) atoms. The molecule has 0 aliphatic rings. The van der Waals surface area contributed by atoms with Crippen LogP contribution in [0, 0.1) is 0 Å². The molecule has 12 heteroatoms. The van der Waals surface area contributed by atoms with Gasteiger partial charge in [0.25, 0.3) is 0 Å². The van der Waals surface area contributed by atoms with Gasteiger partial charge in [0.15, 0.2) is 10.2 Å². The topological polar surface area (TPSA) is 106 Å². The molecule has 2 amide bonds. The van der Waals surface area contributed by atoms with Crippen molar-refractivity contribution in [1.29, 1.82) is 0 Å². The Bertz CT molecular complexity index is 683. The summed E-state index contributed by atoms with van der Waals surface area (Å²) in [5, 5.41) is 10.1. The van der Waals surface area contributed by atoms with Crippen molar-refractivity contribution in [2.24, 2.45) is 0 Å². The minimum Gasteiger partial charge on any atom is -0.356 e. The number of thiophene rings is 2. The first-order chi connectivity index (χ1) is 12.5. The first kappa shape index (κ1) is 20.0. The lowest BCUT2D eigenvalue weighted by molar-refractivity contribution is -0.139. The molecule has 0 saturated heterocycles. The molecule has 0 atom stereocenters. The second-order valence-electron chi connectivity index (χ2n) is 4.68. The minimum absolute atomic E-state index is 0.195. The lowest BCUT2D eigenvalue weighted by atomic mass is 10.5. The Balaban J connectivity index is 1.58. The van der Waals surface area contributed by atoms with E-state index in [-0.39, 0.29) is 10.2 Å². The zero-order valence-electron chi connectivity index (χ0n) is 13.3. The van der Waals surface area contributed by atoms with E-state index in [0.717, 1.165) is 9.75 Å². The van der Waals surface area contributed by atoms with Crippen LogP contribution in [0.5, 0.6) is 0 Å². The molecule has 0 radical (unpaired) electrons. The van der Waals surface area contributed by atoms with E-state index < -0.39 is 11.8 Å². The van der Waals surface area contributed by atoms with Gasteiger partial charge in [-0.05, 0) is 47.3 Å². The Morgan fingerprint density at radius 2 is 1.19 bits per heavy atom. The predicted octanol–water partition coefficient (Wildman–Crippen LogP) is 0.500. The van der Waals surface area contributed by atoms with Gasteiger partial charge in [-0.15, -0.1) is 22.7 Å². The average molecular weight is 429 g/mol. The molecule has 6 N–H and O–H groups in total. The van der Waals surface area contributed by atoms with E-state index in [1.165, 1.54) is 0 Å². The molecule has 2 rings (SSSR count). The predicted molar refractivity (Wildman–Crippen MR) is 110 cm³/mol. The molecule has 0 bridgehead atoms. The van der Waals surface area contributed by atoms with Crippen LogP contribution in [0.15, 0.2) is 35.0 Å². The molecular formula is C14H16N6O2S4. The molecule has 0 spiro atoms. The summed E-state index contributed by atoms with van der Waals surface area (Å²) in [4.78, 5) is 25.5. The van der Waals surface area contributed by atoms with Gasteiger partial charge in [-0.3, -0.25) is 31.3 Å². The first-order valence-electron chi connectivity index (χ1n) is 7.27. The standard InChI is InChI=1S/C14H16N6O2S4/c21-11(17-19-13(23)15-7-9-3-1-5-25-9)12(22)18-20-14(24)16-8-10-4-2-6-26-10/h1-6H,7-8H2,(H,17,21)(H,18,22)(H2,15,19,23)(H2,16,20,24). The van der Waals surface area contributed by atoms with E-state index in [0.29, 0.717) is 13.1 Å². The summed E-state index contributed by atoms with van der Waals surface area (Å²) in [6.07, 6.45) is 0. The zero-order valence-corrected chi connectivity index (χ0v) is 16.6. The molecule has 2 heterocycles. The highest BCUT2D eigenvalue weighted by atomic mass is 32.1. The zero-order chi connectivity index (χ0) is 18.8. The summed E-state index contributed by atoms with van der Waals surface area (Å²) in [5.74, 6) is -1.84. The Hall–Kier alpha value is -2.28. The molecule has 0 aliphatic carbocycles. The molecule has 0 unspecified atom stereocenters. The number of thiocarbonyl (C=S) groups is 2. The minimum atomic E-state index is -0.918. The SMILES string of the molecule is O=C(NNC(=S)NCc1cccs1)C(=O)NNC(=S)NCc1cccs1. The third kappa shape index (κ3) is 7.31. The van der Waals surface area contributed by atoms with Crippen LogP contribution in [0.25, 0.3) is 0 Å². The fraction of sp³-hybridized carbons (Fsp3) is 0.143. The monoisotopic (exact) mass is 428 g/mol. The van der Waals surface area contributed by atoms with Gasteiger partial charge in [0.2, 0.25) is 0 Å². The third-order valence-corrected chi connectivity index (χ3v) is 5.04. The Morgan fingerprint density at radius 3 is 1.54 bits per heavy atom. The highest BCUT2D eigenvalue weighted by Crippen LogP contribution is 2.07. The van der Waals surface area contributed by atoms with Crippen LogP contribution < -0.4 is 32.3 Å². The molecule has 0 aromatic carbocycles. The van der Waals surface area contributed by atoms with Crippen LogP contribution in [0.1, 0.15) is 9.75 Å². The molecule has 0 saturated carbocycles. The number of amides is 2. The number of carbonyl (C=O) groups is 2. The van der Waals surface area contributed by atoms with E-state index >= 15 is 0 Å². The van der Waals surface area contributed by atoms with Gasteiger partial charge >= 0.3 is 11.8 Å². The van der Waals surface area contributed by atoms with E-state index in [2.05, 4.69) is 32.3 Å². The Kier molecular flexibility index (Phi) is 8.21. The molecule has 138 valence electrons. The van der Waals surface area contributed by atoms with Gasteiger partial charge in [-0.2, -0.15) is 0 Å². The number of hydrogen-bond donors (Lipinski definition) is 6. The van der Waals surface area contributed by atoms with Crippen molar-refractivity contribution in [1.82, 2.24) is 32.3 Å². The number of hydrazine groups is 2. The summed E-state index contributed by atoms with van der Waals surface area (Å²) >= 11 is 13.2. The fourth-order valence-corrected chi connectivity index (χ4v) is 3.13.